The third kappa shape index (κ3) is 4.08. The Labute approximate surface area is 291 Å². The summed E-state index contributed by atoms with van der Waals surface area (Å²) in [5, 5.41) is 2.75. The van der Waals surface area contributed by atoms with Crippen LogP contribution in [-0.2, 0) is 0 Å². The van der Waals surface area contributed by atoms with Crippen LogP contribution in [0.1, 0.15) is 16.4 Å². The van der Waals surface area contributed by atoms with Gasteiger partial charge in [0.2, 0.25) is 0 Å². The fourth-order valence-corrected chi connectivity index (χ4v) is 6.30. The number of hydrogen-bond acceptors (Lipinski definition) is 5. The highest BCUT2D eigenvalue weighted by Crippen LogP contribution is 2.41. The lowest BCUT2D eigenvalue weighted by atomic mass is 9.93. The van der Waals surface area contributed by atoms with Gasteiger partial charge in [0.1, 0.15) is 22.3 Å². The molecule has 0 aliphatic carbocycles. The SMILES string of the molecule is [2H]c1c([2H])c([2H])c(-c2nc(-c3cccc4c(-c5c([2H])c([2H])c([2H])c6oc7c([2H])c([2H])c([2H])c([2H])c7c56)cccc34)nc(-c3cccc4c3oc3ccccc34)n2)c([2H])c1[2H]. The van der Waals surface area contributed by atoms with Gasteiger partial charge in [-0.3, -0.25) is 0 Å². The lowest BCUT2D eigenvalue weighted by Crippen LogP contribution is -2.00. The van der Waals surface area contributed by atoms with Crippen molar-refractivity contribution in [3.8, 4) is 45.3 Å². The average molecular weight is 628 g/mol. The molecular weight excluding hydrogens is 590 g/mol. The molecule has 0 radical (unpaired) electrons. The van der Waals surface area contributed by atoms with E-state index < -0.39 is 66.5 Å². The molecule has 10 aromatic rings. The number of rotatable bonds is 4. The summed E-state index contributed by atoms with van der Waals surface area (Å²) < 4.78 is 115. The summed E-state index contributed by atoms with van der Waals surface area (Å²) >= 11 is 0. The molecule has 5 heteroatoms. The molecule has 7 aromatic carbocycles. The van der Waals surface area contributed by atoms with Crippen LogP contribution >= 0.6 is 0 Å². The number of para-hydroxylation sites is 3. The molecule has 0 saturated carbocycles. The zero-order valence-electron chi connectivity index (χ0n) is 36.7. The van der Waals surface area contributed by atoms with Crippen molar-refractivity contribution in [1.82, 2.24) is 15.0 Å². The Kier molecular flexibility index (Phi) is 3.79. The fraction of sp³-hybridized carbons (Fsp3) is 0. The van der Waals surface area contributed by atoms with E-state index in [0.29, 0.717) is 38.6 Å². The second-order valence-electron chi connectivity index (χ2n) is 11.1. The van der Waals surface area contributed by atoms with E-state index in [-0.39, 0.29) is 56.6 Å². The minimum Gasteiger partial charge on any atom is -0.456 e. The standard InChI is InChI=1S/C43H25N3O2/c1-2-12-26(13-3-1)41-44-42(46-43(45-41)35-22-10-20-32-30-14-4-6-23-36(30)48-40(32)35)33-21-9-16-27-28(17-8-18-29(27)33)31-19-11-25-38-39(31)34-15-5-7-24-37(34)47-38/h1-25H/i1D,2D,3D,5D,7D,11D,12D,13D,15D,19D,24D,25D. The summed E-state index contributed by atoms with van der Waals surface area (Å²) in [5.74, 6) is -0.0227. The predicted octanol–water partition coefficient (Wildman–Crippen LogP) is 11.5. The molecule has 3 aromatic heterocycles. The molecule has 5 nitrogen and oxygen atoms in total. The van der Waals surface area contributed by atoms with Crippen LogP contribution in [0.5, 0.6) is 0 Å². The Morgan fingerprint density at radius 3 is 1.92 bits per heavy atom. The lowest BCUT2D eigenvalue weighted by Gasteiger charge is -2.13. The quantitative estimate of drug-likeness (QED) is 0.194. The lowest BCUT2D eigenvalue weighted by molar-refractivity contribution is 0.669. The van der Waals surface area contributed by atoms with Crippen LogP contribution in [0.3, 0.4) is 0 Å². The van der Waals surface area contributed by atoms with E-state index in [1.54, 1.807) is 42.5 Å². The van der Waals surface area contributed by atoms with Crippen molar-refractivity contribution in [2.45, 2.75) is 0 Å². The molecule has 10 rings (SSSR count). The molecule has 0 aliphatic heterocycles. The van der Waals surface area contributed by atoms with Crippen LogP contribution in [0.4, 0.5) is 0 Å². The Morgan fingerprint density at radius 1 is 0.396 bits per heavy atom. The Balaban J connectivity index is 1.28. The second kappa shape index (κ2) is 10.5. The maximum atomic E-state index is 9.16. The van der Waals surface area contributed by atoms with Crippen molar-refractivity contribution in [2.24, 2.45) is 0 Å². The first-order chi connectivity index (χ1) is 28.8. The van der Waals surface area contributed by atoms with Gasteiger partial charge in [-0.15, -0.1) is 0 Å². The highest BCUT2D eigenvalue weighted by Gasteiger charge is 2.20. The van der Waals surface area contributed by atoms with E-state index in [1.807, 2.05) is 36.4 Å². The van der Waals surface area contributed by atoms with Crippen LogP contribution in [0.25, 0.3) is 99.9 Å². The van der Waals surface area contributed by atoms with Gasteiger partial charge in [0, 0.05) is 32.7 Å². The molecule has 0 N–H and O–H groups in total. The molecule has 3 heterocycles. The molecule has 224 valence electrons. The molecule has 0 aliphatic rings. The first-order valence-electron chi connectivity index (χ1n) is 21.0. The molecule has 0 spiro atoms. The molecule has 0 saturated heterocycles. The van der Waals surface area contributed by atoms with Crippen molar-refractivity contribution in [2.75, 3.05) is 0 Å². The number of furan rings is 2. The van der Waals surface area contributed by atoms with E-state index in [4.69, 9.17) is 40.2 Å². The number of aromatic nitrogens is 3. The smallest absolute Gasteiger partial charge is 0.167 e. The largest absolute Gasteiger partial charge is 0.456 e. The molecule has 0 atom stereocenters. The number of benzene rings is 7. The van der Waals surface area contributed by atoms with Crippen LogP contribution < -0.4 is 0 Å². The Morgan fingerprint density at radius 2 is 1.04 bits per heavy atom. The molecule has 0 amide bonds. The molecule has 0 bridgehead atoms. The minimum absolute atomic E-state index is 0.0220. The summed E-state index contributed by atoms with van der Waals surface area (Å²) in [4.78, 5) is 14.4. The fourth-order valence-electron chi connectivity index (χ4n) is 6.30. The van der Waals surface area contributed by atoms with Gasteiger partial charge >= 0.3 is 0 Å². The maximum Gasteiger partial charge on any atom is 0.167 e. The van der Waals surface area contributed by atoms with E-state index >= 15 is 0 Å². The Hall–Kier alpha value is -6.59. The van der Waals surface area contributed by atoms with Gasteiger partial charge in [0.15, 0.2) is 17.5 Å². The van der Waals surface area contributed by atoms with E-state index in [1.165, 1.54) is 0 Å². The van der Waals surface area contributed by atoms with E-state index in [2.05, 4.69) is 0 Å². The highest BCUT2D eigenvalue weighted by atomic mass is 16.3. The van der Waals surface area contributed by atoms with Gasteiger partial charge in [-0.25, -0.2) is 15.0 Å². The number of hydrogen-bond donors (Lipinski definition) is 0. The normalized spacial score (nSPS) is 15.2. The van der Waals surface area contributed by atoms with Gasteiger partial charge in [0.25, 0.3) is 0 Å². The third-order valence-electron chi connectivity index (χ3n) is 8.38. The third-order valence-corrected chi connectivity index (χ3v) is 8.38. The summed E-state index contributed by atoms with van der Waals surface area (Å²) in [5.41, 5.74) is 1.88. The monoisotopic (exact) mass is 627 g/mol. The van der Waals surface area contributed by atoms with Gasteiger partial charge in [-0.1, -0.05) is 127 Å². The number of fused-ring (bicyclic) bond motifs is 7. The summed E-state index contributed by atoms with van der Waals surface area (Å²) in [6.07, 6.45) is 0. The first kappa shape index (κ1) is 17.4. The molecule has 48 heavy (non-hydrogen) atoms. The van der Waals surface area contributed by atoms with Gasteiger partial charge in [0.05, 0.1) is 22.0 Å². The van der Waals surface area contributed by atoms with Gasteiger partial charge < -0.3 is 8.83 Å². The molecule has 0 fully saturated rings. The maximum absolute atomic E-state index is 9.16. The first-order valence-corrected chi connectivity index (χ1v) is 15.0. The van der Waals surface area contributed by atoms with E-state index in [0.717, 1.165) is 10.8 Å². The molecule has 0 unspecified atom stereocenters. The van der Waals surface area contributed by atoms with Crippen molar-refractivity contribution >= 4 is 54.6 Å². The van der Waals surface area contributed by atoms with Crippen LogP contribution in [-0.4, -0.2) is 15.0 Å². The zero-order chi connectivity index (χ0) is 42.0. The van der Waals surface area contributed by atoms with Crippen molar-refractivity contribution < 1.29 is 25.3 Å². The second-order valence-corrected chi connectivity index (χ2v) is 11.1. The Bertz CT molecular complexity index is 3520. The van der Waals surface area contributed by atoms with Crippen LogP contribution in [0, 0.1) is 0 Å². The zero-order valence-corrected chi connectivity index (χ0v) is 24.7. The van der Waals surface area contributed by atoms with Crippen LogP contribution in [0.2, 0.25) is 0 Å². The molecular formula is C43H25N3O2. The number of nitrogens with zero attached hydrogens (tertiary/aromatic N) is 3. The topological polar surface area (TPSA) is 65.0 Å². The van der Waals surface area contributed by atoms with Gasteiger partial charge in [-0.2, -0.15) is 0 Å². The minimum atomic E-state index is -0.574. The predicted molar refractivity (Wildman–Crippen MR) is 194 cm³/mol. The van der Waals surface area contributed by atoms with Crippen LogP contribution in [0.15, 0.2) is 160 Å². The summed E-state index contributed by atoms with van der Waals surface area (Å²) in [6.45, 7) is 0. The summed E-state index contributed by atoms with van der Waals surface area (Å²) in [6, 6.07) is 17.5. The summed E-state index contributed by atoms with van der Waals surface area (Å²) in [7, 11) is 0. The van der Waals surface area contributed by atoms with E-state index in [9.17, 15) is 0 Å². The van der Waals surface area contributed by atoms with Gasteiger partial charge in [-0.05, 0) is 46.1 Å². The highest BCUT2D eigenvalue weighted by molar-refractivity contribution is 6.16. The van der Waals surface area contributed by atoms with Crippen molar-refractivity contribution in [3.05, 3.63) is 151 Å². The van der Waals surface area contributed by atoms with Crippen molar-refractivity contribution in [1.29, 1.82) is 0 Å². The average Bonchev–Trinajstić information content (AvgIpc) is 3.85. The van der Waals surface area contributed by atoms with Crippen molar-refractivity contribution in [3.63, 3.8) is 0 Å².